The molecule has 2 aromatic rings. The van der Waals surface area contributed by atoms with Gasteiger partial charge in [-0.1, -0.05) is 20.8 Å². The van der Waals surface area contributed by atoms with E-state index in [0.29, 0.717) is 12.4 Å². The summed E-state index contributed by atoms with van der Waals surface area (Å²) in [4.78, 5) is 13.8. The van der Waals surface area contributed by atoms with E-state index in [1.54, 1.807) is 7.11 Å². The van der Waals surface area contributed by atoms with Crippen molar-refractivity contribution in [3.63, 3.8) is 0 Å². The summed E-state index contributed by atoms with van der Waals surface area (Å²) >= 11 is 0. The first-order valence-electron chi connectivity index (χ1n) is 10.3. The SMILES string of the molecule is CCNC(=NCc1ncc(C(C)(C)C)o1)N1CCN(c2ccc(OC)cc2)CC1. The molecule has 0 atom stereocenters. The van der Waals surface area contributed by atoms with Crippen LogP contribution in [0.25, 0.3) is 0 Å². The van der Waals surface area contributed by atoms with Gasteiger partial charge in [0.15, 0.2) is 5.96 Å². The van der Waals surface area contributed by atoms with E-state index in [1.165, 1.54) is 5.69 Å². The van der Waals surface area contributed by atoms with E-state index >= 15 is 0 Å². The molecule has 2 heterocycles. The number of ether oxygens (including phenoxy) is 1. The minimum Gasteiger partial charge on any atom is -0.497 e. The lowest BCUT2D eigenvalue weighted by molar-refractivity contribution is 0.367. The van der Waals surface area contributed by atoms with Gasteiger partial charge in [0, 0.05) is 43.8 Å². The number of hydrogen-bond acceptors (Lipinski definition) is 5. The summed E-state index contributed by atoms with van der Waals surface area (Å²) in [6.07, 6.45) is 1.81. The van der Waals surface area contributed by atoms with E-state index in [1.807, 2.05) is 18.3 Å². The number of nitrogens with one attached hydrogen (secondary N) is 1. The van der Waals surface area contributed by atoms with Gasteiger partial charge < -0.3 is 24.3 Å². The normalized spacial score (nSPS) is 15.6. The lowest BCUT2D eigenvalue weighted by Gasteiger charge is -2.37. The van der Waals surface area contributed by atoms with E-state index in [9.17, 15) is 0 Å². The zero-order valence-electron chi connectivity index (χ0n) is 18.2. The number of benzene rings is 1. The lowest BCUT2D eigenvalue weighted by Crippen LogP contribution is -2.52. The highest BCUT2D eigenvalue weighted by atomic mass is 16.5. The van der Waals surface area contributed by atoms with Crippen LogP contribution in [0.2, 0.25) is 0 Å². The van der Waals surface area contributed by atoms with Gasteiger partial charge in [-0.2, -0.15) is 0 Å². The van der Waals surface area contributed by atoms with Gasteiger partial charge in [-0.3, -0.25) is 0 Å². The molecule has 158 valence electrons. The van der Waals surface area contributed by atoms with Crippen molar-refractivity contribution in [3.8, 4) is 5.75 Å². The van der Waals surface area contributed by atoms with E-state index in [4.69, 9.17) is 14.1 Å². The zero-order chi connectivity index (χ0) is 20.9. The van der Waals surface area contributed by atoms with E-state index in [-0.39, 0.29) is 5.41 Å². The first-order chi connectivity index (χ1) is 13.9. The second kappa shape index (κ2) is 9.20. The highest BCUT2D eigenvalue weighted by Crippen LogP contribution is 2.23. The third-order valence-corrected chi connectivity index (χ3v) is 5.01. The van der Waals surface area contributed by atoms with Crippen molar-refractivity contribution in [1.82, 2.24) is 15.2 Å². The molecule has 0 spiro atoms. The van der Waals surface area contributed by atoms with E-state index in [2.05, 4.69) is 59.9 Å². The zero-order valence-corrected chi connectivity index (χ0v) is 18.2. The van der Waals surface area contributed by atoms with Crippen LogP contribution in [0.1, 0.15) is 39.3 Å². The Morgan fingerprint density at radius 3 is 2.41 bits per heavy atom. The fourth-order valence-corrected chi connectivity index (χ4v) is 3.27. The summed E-state index contributed by atoms with van der Waals surface area (Å²) in [5.41, 5.74) is 1.18. The quantitative estimate of drug-likeness (QED) is 0.615. The molecule has 1 aliphatic heterocycles. The maximum Gasteiger partial charge on any atom is 0.216 e. The van der Waals surface area contributed by atoms with Gasteiger partial charge in [0.25, 0.3) is 0 Å². The van der Waals surface area contributed by atoms with Crippen molar-refractivity contribution < 1.29 is 9.15 Å². The van der Waals surface area contributed by atoms with Gasteiger partial charge in [-0.05, 0) is 31.2 Å². The van der Waals surface area contributed by atoms with E-state index < -0.39 is 0 Å². The van der Waals surface area contributed by atoms with Crippen LogP contribution in [0.15, 0.2) is 39.9 Å². The Hall–Kier alpha value is -2.70. The van der Waals surface area contributed by atoms with Crippen LogP contribution >= 0.6 is 0 Å². The number of oxazole rings is 1. The second-order valence-electron chi connectivity index (χ2n) is 8.21. The summed E-state index contributed by atoms with van der Waals surface area (Å²) < 4.78 is 11.1. The molecule has 1 saturated heterocycles. The molecule has 29 heavy (non-hydrogen) atoms. The first kappa shape index (κ1) is 21.0. The second-order valence-corrected chi connectivity index (χ2v) is 8.21. The predicted octanol–water partition coefficient (Wildman–Crippen LogP) is 3.27. The van der Waals surface area contributed by atoms with Crippen LogP contribution in [0.4, 0.5) is 5.69 Å². The summed E-state index contributed by atoms with van der Waals surface area (Å²) in [6.45, 7) is 13.4. The number of methoxy groups -OCH3 is 1. The number of guanidine groups is 1. The number of nitrogens with zero attached hydrogens (tertiary/aromatic N) is 4. The average molecular weight is 400 g/mol. The minimum atomic E-state index is -0.0444. The van der Waals surface area contributed by atoms with Crippen molar-refractivity contribution in [1.29, 1.82) is 0 Å². The molecular formula is C22H33N5O2. The number of hydrogen-bond donors (Lipinski definition) is 1. The fraction of sp³-hybridized carbons (Fsp3) is 0.545. The molecule has 1 aromatic carbocycles. The molecule has 0 amide bonds. The maximum absolute atomic E-state index is 5.87. The van der Waals surface area contributed by atoms with Crippen molar-refractivity contribution in [2.75, 3.05) is 44.7 Å². The van der Waals surface area contributed by atoms with Crippen LogP contribution in [-0.4, -0.2) is 55.7 Å². The minimum absolute atomic E-state index is 0.0444. The third kappa shape index (κ3) is 5.43. The molecule has 1 aromatic heterocycles. The lowest BCUT2D eigenvalue weighted by atomic mass is 9.94. The summed E-state index contributed by atoms with van der Waals surface area (Å²) in [7, 11) is 1.69. The van der Waals surface area contributed by atoms with Gasteiger partial charge in [0.05, 0.1) is 13.3 Å². The molecule has 1 N–H and O–H groups in total. The standard InChI is InChI=1S/C22H33N5O2/c1-6-23-21(25-16-20-24-15-19(29-20)22(2,3)4)27-13-11-26(12-14-27)17-7-9-18(28-5)10-8-17/h7-10,15H,6,11-14,16H2,1-5H3,(H,23,25). The fourth-order valence-electron chi connectivity index (χ4n) is 3.27. The maximum atomic E-state index is 5.87. The van der Waals surface area contributed by atoms with Crippen LogP contribution < -0.4 is 15.0 Å². The van der Waals surface area contributed by atoms with Gasteiger partial charge in [-0.15, -0.1) is 0 Å². The average Bonchev–Trinajstić information content (AvgIpc) is 3.21. The Kier molecular flexibility index (Phi) is 6.67. The molecule has 0 unspecified atom stereocenters. The number of aromatic nitrogens is 1. The molecule has 7 nitrogen and oxygen atoms in total. The number of anilines is 1. The third-order valence-electron chi connectivity index (χ3n) is 5.01. The Morgan fingerprint density at radius 2 is 1.86 bits per heavy atom. The Morgan fingerprint density at radius 1 is 1.17 bits per heavy atom. The van der Waals surface area contributed by atoms with Crippen molar-refractivity contribution in [3.05, 3.63) is 42.1 Å². The molecule has 0 aliphatic carbocycles. The number of rotatable bonds is 5. The van der Waals surface area contributed by atoms with Crippen molar-refractivity contribution in [2.24, 2.45) is 4.99 Å². The van der Waals surface area contributed by atoms with Gasteiger partial charge in [-0.25, -0.2) is 9.98 Å². The molecule has 3 rings (SSSR count). The van der Waals surface area contributed by atoms with Crippen LogP contribution in [0.3, 0.4) is 0 Å². The number of piperazine rings is 1. The van der Waals surface area contributed by atoms with Crippen LogP contribution in [0, 0.1) is 0 Å². The van der Waals surface area contributed by atoms with Gasteiger partial charge >= 0.3 is 0 Å². The Labute approximate surface area is 173 Å². The summed E-state index contributed by atoms with van der Waals surface area (Å²) in [5.74, 6) is 3.34. The first-order valence-corrected chi connectivity index (χ1v) is 10.3. The number of aliphatic imine (C=N–C) groups is 1. The highest BCUT2D eigenvalue weighted by Gasteiger charge is 2.21. The van der Waals surface area contributed by atoms with Crippen molar-refractivity contribution in [2.45, 2.75) is 39.7 Å². The molecule has 1 aliphatic rings. The van der Waals surface area contributed by atoms with Crippen LogP contribution in [0.5, 0.6) is 5.75 Å². The van der Waals surface area contributed by atoms with E-state index in [0.717, 1.165) is 50.2 Å². The molecule has 0 radical (unpaired) electrons. The summed E-state index contributed by atoms with van der Waals surface area (Å²) in [5, 5.41) is 3.40. The smallest absolute Gasteiger partial charge is 0.216 e. The largest absolute Gasteiger partial charge is 0.497 e. The van der Waals surface area contributed by atoms with Crippen LogP contribution in [-0.2, 0) is 12.0 Å². The highest BCUT2D eigenvalue weighted by molar-refractivity contribution is 5.80. The molecule has 7 heteroatoms. The van der Waals surface area contributed by atoms with Gasteiger partial charge in [0.1, 0.15) is 18.1 Å². The topological polar surface area (TPSA) is 66.1 Å². The molecule has 0 saturated carbocycles. The summed E-state index contributed by atoms with van der Waals surface area (Å²) in [6, 6.07) is 8.25. The monoisotopic (exact) mass is 399 g/mol. The Balaban J connectivity index is 1.61. The molecule has 0 bridgehead atoms. The van der Waals surface area contributed by atoms with Gasteiger partial charge in [0.2, 0.25) is 5.89 Å². The molecule has 1 fully saturated rings. The van der Waals surface area contributed by atoms with Crippen molar-refractivity contribution >= 4 is 11.6 Å². The molecular weight excluding hydrogens is 366 g/mol. The predicted molar refractivity (Wildman–Crippen MR) is 117 cm³/mol. The Bertz CT molecular complexity index is 799.